The van der Waals surface area contributed by atoms with Crippen molar-refractivity contribution in [2.45, 2.75) is 97.3 Å². The van der Waals surface area contributed by atoms with Crippen LogP contribution in [-0.4, -0.2) is 5.11 Å². The van der Waals surface area contributed by atoms with Crippen molar-refractivity contribution in [3.05, 3.63) is 12.3 Å². The van der Waals surface area contributed by atoms with E-state index in [1.54, 1.807) is 0 Å². The van der Waals surface area contributed by atoms with E-state index in [0.29, 0.717) is 0 Å². The van der Waals surface area contributed by atoms with E-state index in [0.717, 1.165) is 12.3 Å². The molecule has 0 saturated heterocycles. The summed E-state index contributed by atoms with van der Waals surface area (Å²) in [4.78, 5) is 0. The Morgan fingerprint density at radius 2 is 1.32 bits per heavy atom. The van der Waals surface area contributed by atoms with Gasteiger partial charge in [-0.25, -0.2) is 0 Å². The van der Waals surface area contributed by atoms with Crippen LogP contribution in [0.5, 0.6) is 0 Å². The molecule has 0 radical (unpaired) electrons. The lowest BCUT2D eigenvalue weighted by Crippen LogP contribution is -1.95. The SMILES string of the molecule is CCCCCCCCC(C)CCCCCC/C=C/O. The fourth-order valence-electron chi connectivity index (χ4n) is 2.60. The normalized spacial score (nSPS) is 13.2. The van der Waals surface area contributed by atoms with Crippen molar-refractivity contribution < 1.29 is 5.11 Å². The molecular weight excluding hydrogens is 232 g/mol. The molecule has 0 aliphatic carbocycles. The van der Waals surface area contributed by atoms with E-state index >= 15 is 0 Å². The van der Waals surface area contributed by atoms with Crippen LogP contribution in [0, 0.1) is 5.92 Å². The third kappa shape index (κ3) is 15.5. The van der Waals surface area contributed by atoms with E-state index in [-0.39, 0.29) is 0 Å². The summed E-state index contributed by atoms with van der Waals surface area (Å²) in [5.41, 5.74) is 0. The molecule has 0 aromatic rings. The number of hydrogen-bond donors (Lipinski definition) is 1. The zero-order chi connectivity index (χ0) is 14.2. The van der Waals surface area contributed by atoms with Crippen LogP contribution >= 0.6 is 0 Å². The number of unbranched alkanes of at least 4 members (excludes halogenated alkanes) is 9. The van der Waals surface area contributed by atoms with Gasteiger partial charge >= 0.3 is 0 Å². The Kier molecular flexibility index (Phi) is 15.2. The molecule has 0 aromatic carbocycles. The lowest BCUT2D eigenvalue weighted by Gasteiger charge is -2.10. The van der Waals surface area contributed by atoms with Gasteiger partial charge in [-0.1, -0.05) is 90.6 Å². The maximum Gasteiger partial charge on any atom is 0.0751 e. The number of hydrogen-bond acceptors (Lipinski definition) is 1. The Morgan fingerprint density at radius 1 is 0.789 bits per heavy atom. The van der Waals surface area contributed by atoms with Crippen LogP contribution in [0.4, 0.5) is 0 Å². The van der Waals surface area contributed by atoms with Gasteiger partial charge in [0.2, 0.25) is 0 Å². The van der Waals surface area contributed by atoms with Gasteiger partial charge in [0.05, 0.1) is 6.26 Å². The number of rotatable bonds is 14. The molecule has 1 unspecified atom stereocenters. The third-order valence-electron chi connectivity index (χ3n) is 3.97. The van der Waals surface area contributed by atoms with Gasteiger partial charge in [-0.3, -0.25) is 0 Å². The molecule has 0 spiro atoms. The predicted molar refractivity (Wildman–Crippen MR) is 86.6 cm³/mol. The molecule has 114 valence electrons. The molecule has 0 amide bonds. The molecule has 1 atom stereocenters. The first-order chi connectivity index (χ1) is 9.31. The molecule has 0 fully saturated rings. The lowest BCUT2D eigenvalue weighted by molar-refractivity contribution is 0.432. The van der Waals surface area contributed by atoms with Gasteiger partial charge in [-0.15, -0.1) is 0 Å². The second-order valence-electron chi connectivity index (χ2n) is 6.04. The highest BCUT2D eigenvalue weighted by Gasteiger charge is 2.01. The van der Waals surface area contributed by atoms with E-state index in [1.165, 1.54) is 83.3 Å². The monoisotopic (exact) mass is 268 g/mol. The summed E-state index contributed by atoms with van der Waals surface area (Å²) in [5, 5.41) is 8.51. The van der Waals surface area contributed by atoms with Crippen LogP contribution in [0.1, 0.15) is 97.3 Å². The Hall–Kier alpha value is -0.460. The smallest absolute Gasteiger partial charge is 0.0751 e. The molecule has 19 heavy (non-hydrogen) atoms. The maximum absolute atomic E-state index is 8.51. The minimum atomic E-state index is 0.920. The highest BCUT2D eigenvalue weighted by atomic mass is 16.2. The molecular formula is C18H36O. The quantitative estimate of drug-likeness (QED) is 0.272. The summed E-state index contributed by atoms with van der Waals surface area (Å²) in [6, 6.07) is 0. The summed E-state index contributed by atoms with van der Waals surface area (Å²) in [7, 11) is 0. The second kappa shape index (κ2) is 15.6. The van der Waals surface area contributed by atoms with Gasteiger partial charge in [0.1, 0.15) is 0 Å². The van der Waals surface area contributed by atoms with Crippen molar-refractivity contribution in [2.24, 2.45) is 5.92 Å². The van der Waals surface area contributed by atoms with Gasteiger partial charge < -0.3 is 5.11 Å². The molecule has 0 heterocycles. The Balaban J connectivity index is 3.14. The van der Waals surface area contributed by atoms with Crippen molar-refractivity contribution in [3.63, 3.8) is 0 Å². The summed E-state index contributed by atoms with van der Waals surface area (Å²) < 4.78 is 0. The summed E-state index contributed by atoms with van der Waals surface area (Å²) >= 11 is 0. The van der Waals surface area contributed by atoms with E-state index in [2.05, 4.69) is 13.8 Å². The Morgan fingerprint density at radius 3 is 1.89 bits per heavy atom. The van der Waals surface area contributed by atoms with Crippen molar-refractivity contribution in [1.82, 2.24) is 0 Å². The zero-order valence-corrected chi connectivity index (χ0v) is 13.4. The first-order valence-corrected chi connectivity index (χ1v) is 8.60. The summed E-state index contributed by atoms with van der Waals surface area (Å²) in [6.07, 6.45) is 20.7. The van der Waals surface area contributed by atoms with E-state index in [1.807, 2.05) is 6.08 Å². The fourth-order valence-corrected chi connectivity index (χ4v) is 2.60. The van der Waals surface area contributed by atoms with Crippen LogP contribution in [0.25, 0.3) is 0 Å². The standard InChI is InChI=1S/C18H36O/c1-3-4-5-6-9-12-15-18(2)16-13-10-7-8-11-14-17-19/h14,17-19H,3-13,15-16H2,1-2H3/b17-14+. The topological polar surface area (TPSA) is 20.2 Å². The molecule has 0 aromatic heterocycles. The highest BCUT2D eigenvalue weighted by molar-refractivity contribution is 4.70. The molecule has 1 heteroatoms. The van der Waals surface area contributed by atoms with Gasteiger partial charge in [0.15, 0.2) is 0 Å². The minimum absolute atomic E-state index is 0.920. The van der Waals surface area contributed by atoms with E-state index < -0.39 is 0 Å². The summed E-state index contributed by atoms with van der Waals surface area (Å²) in [5.74, 6) is 0.920. The number of allylic oxidation sites excluding steroid dienone is 1. The fraction of sp³-hybridized carbons (Fsp3) is 0.889. The first-order valence-electron chi connectivity index (χ1n) is 8.60. The maximum atomic E-state index is 8.51. The highest BCUT2D eigenvalue weighted by Crippen LogP contribution is 2.18. The Bertz CT molecular complexity index is 186. The van der Waals surface area contributed by atoms with E-state index in [9.17, 15) is 0 Å². The number of aliphatic hydroxyl groups is 1. The Labute approximate surface area is 121 Å². The molecule has 0 rings (SSSR count). The van der Waals surface area contributed by atoms with Crippen LogP contribution in [0.2, 0.25) is 0 Å². The average Bonchev–Trinajstić information content (AvgIpc) is 2.41. The van der Waals surface area contributed by atoms with Gasteiger partial charge in [0.25, 0.3) is 0 Å². The van der Waals surface area contributed by atoms with Crippen molar-refractivity contribution in [2.75, 3.05) is 0 Å². The average molecular weight is 268 g/mol. The van der Waals surface area contributed by atoms with Crippen molar-refractivity contribution in [1.29, 1.82) is 0 Å². The molecule has 1 N–H and O–H groups in total. The van der Waals surface area contributed by atoms with Gasteiger partial charge in [0, 0.05) is 0 Å². The largest absolute Gasteiger partial charge is 0.516 e. The number of aliphatic hydroxyl groups excluding tert-OH is 1. The molecule has 0 bridgehead atoms. The van der Waals surface area contributed by atoms with Gasteiger partial charge in [-0.05, 0) is 18.8 Å². The molecule has 0 saturated carbocycles. The van der Waals surface area contributed by atoms with Crippen LogP contribution in [0.15, 0.2) is 12.3 Å². The van der Waals surface area contributed by atoms with Crippen LogP contribution < -0.4 is 0 Å². The minimum Gasteiger partial charge on any atom is -0.516 e. The lowest BCUT2D eigenvalue weighted by atomic mass is 9.96. The van der Waals surface area contributed by atoms with Crippen molar-refractivity contribution in [3.8, 4) is 0 Å². The molecule has 0 aliphatic rings. The zero-order valence-electron chi connectivity index (χ0n) is 13.4. The second-order valence-corrected chi connectivity index (χ2v) is 6.04. The molecule has 0 aliphatic heterocycles. The van der Waals surface area contributed by atoms with Gasteiger partial charge in [-0.2, -0.15) is 0 Å². The van der Waals surface area contributed by atoms with Crippen LogP contribution in [0.3, 0.4) is 0 Å². The van der Waals surface area contributed by atoms with Crippen LogP contribution in [-0.2, 0) is 0 Å². The third-order valence-corrected chi connectivity index (χ3v) is 3.97. The molecule has 1 nitrogen and oxygen atoms in total. The first kappa shape index (κ1) is 18.5. The predicted octanol–water partition coefficient (Wildman–Crippen LogP) is 6.79. The van der Waals surface area contributed by atoms with Crippen molar-refractivity contribution >= 4 is 0 Å². The summed E-state index contributed by atoms with van der Waals surface area (Å²) in [6.45, 7) is 4.70. The van der Waals surface area contributed by atoms with E-state index in [4.69, 9.17) is 5.11 Å².